The largest absolute Gasteiger partial charge is 0.356 e. The molecule has 2 aromatic heterocycles. The standard InChI is InChI=1S/C16H22N4OS/c1-10(2)19-15(21)13-11(3)12-14(17-9-18-16(12)22-13)20-7-5-4-6-8-20/h9-10H,4-8H2,1-3H3,(H,19,21). The number of carbonyl (C=O) groups excluding carboxylic acids is 1. The normalized spacial score (nSPS) is 15.5. The van der Waals surface area contributed by atoms with Crippen LogP contribution in [0.1, 0.15) is 48.3 Å². The molecular formula is C16H22N4OS. The maximum Gasteiger partial charge on any atom is 0.261 e. The summed E-state index contributed by atoms with van der Waals surface area (Å²) in [5.74, 6) is 0.974. The molecule has 1 aliphatic rings. The molecule has 5 nitrogen and oxygen atoms in total. The highest BCUT2D eigenvalue weighted by Crippen LogP contribution is 2.35. The molecule has 0 radical (unpaired) electrons. The van der Waals surface area contributed by atoms with Crippen molar-refractivity contribution in [2.24, 2.45) is 0 Å². The molecule has 1 N–H and O–H groups in total. The third kappa shape index (κ3) is 2.79. The number of aromatic nitrogens is 2. The highest BCUT2D eigenvalue weighted by Gasteiger charge is 2.22. The lowest BCUT2D eigenvalue weighted by molar-refractivity contribution is 0.0947. The van der Waals surface area contributed by atoms with Crippen molar-refractivity contribution in [2.45, 2.75) is 46.1 Å². The number of anilines is 1. The monoisotopic (exact) mass is 318 g/mol. The van der Waals surface area contributed by atoms with Crippen LogP contribution in [0.15, 0.2) is 6.33 Å². The quantitative estimate of drug-likeness (QED) is 0.944. The number of hydrogen-bond donors (Lipinski definition) is 1. The van der Waals surface area contributed by atoms with E-state index in [0.29, 0.717) is 0 Å². The summed E-state index contributed by atoms with van der Waals surface area (Å²) in [5.41, 5.74) is 0.999. The van der Waals surface area contributed by atoms with Crippen molar-refractivity contribution in [3.8, 4) is 0 Å². The predicted molar refractivity (Wildman–Crippen MR) is 90.8 cm³/mol. The third-order valence-electron chi connectivity index (χ3n) is 3.99. The van der Waals surface area contributed by atoms with Gasteiger partial charge in [-0.05, 0) is 45.6 Å². The van der Waals surface area contributed by atoms with E-state index in [9.17, 15) is 4.79 Å². The van der Waals surface area contributed by atoms with E-state index in [2.05, 4.69) is 20.2 Å². The molecule has 0 saturated carbocycles. The molecule has 0 spiro atoms. The molecule has 0 bridgehead atoms. The van der Waals surface area contributed by atoms with Gasteiger partial charge in [0.05, 0.1) is 10.3 Å². The predicted octanol–water partition coefficient (Wildman–Crippen LogP) is 3.13. The fraction of sp³-hybridized carbons (Fsp3) is 0.562. The van der Waals surface area contributed by atoms with Gasteiger partial charge < -0.3 is 10.2 Å². The van der Waals surface area contributed by atoms with Gasteiger partial charge in [-0.3, -0.25) is 4.79 Å². The topological polar surface area (TPSA) is 58.1 Å². The summed E-state index contributed by atoms with van der Waals surface area (Å²) < 4.78 is 0. The van der Waals surface area contributed by atoms with Crippen LogP contribution in [0.3, 0.4) is 0 Å². The molecule has 1 fully saturated rings. The van der Waals surface area contributed by atoms with E-state index >= 15 is 0 Å². The third-order valence-corrected chi connectivity index (χ3v) is 5.19. The van der Waals surface area contributed by atoms with Gasteiger partial charge in [0, 0.05) is 19.1 Å². The van der Waals surface area contributed by atoms with Crippen LogP contribution in [0.25, 0.3) is 10.2 Å². The molecule has 1 aliphatic heterocycles. The number of rotatable bonds is 3. The number of amides is 1. The van der Waals surface area contributed by atoms with Crippen LogP contribution in [-0.4, -0.2) is 35.0 Å². The first-order valence-corrected chi connectivity index (χ1v) is 8.69. The van der Waals surface area contributed by atoms with Crippen molar-refractivity contribution < 1.29 is 4.79 Å². The van der Waals surface area contributed by atoms with Crippen LogP contribution >= 0.6 is 11.3 Å². The van der Waals surface area contributed by atoms with Crippen molar-refractivity contribution in [1.29, 1.82) is 0 Å². The Labute approximate surface area is 134 Å². The Morgan fingerprint density at radius 1 is 1.27 bits per heavy atom. The van der Waals surface area contributed by atoms with Crippen LogP contribution in [0, 0.1) is 6.92 Å². The molecule has 0 aliphatic carbocycles. The van der Waals surface area contributed by atoms with Crippen molar-refractivity contribution in [2.75, 3.05) is 18.0 Å². The summed E-state index contributed by atoms with van der Waals surface area (Å²) in [4.78, 5) is 25.3. The second kappa shape index (κ2) is 6.20. The Morgan fingerprint density at radius 2 is 2.00 bits per heavy atom. The average Bonchev–Trinajstić information content (AvgIpc) is 2.85. The highest BCUT2D eigenvalue weighted by atomic mass is 32.1. The summed E-state index contributed by atoms with van der Waals surface area (Å²) in [7, 11) is 0. The minimum atomic E-state index is -0.0138. The van der Waals surface area contributed by atoms with Gasteiger partial charge in [-0.25, -0.2) is 9.97 Å². The number of fused-ring (bicyclic) bond motifs is 1. The van der Waals surface area contributed by atoms with E-state index in [-0.39, 0.29) is 11.9 Å². The van der Waals surface area contributed by atoms with E-state index < -0.39 is 0 Å². The van der Waals surface area contributed by atoms with Gasteiger partial charge in [-0.15, -0.1) is 11.3 Å². The van der Waals surface area contributed by atoms with Crippen LogP contribution in [0.2, 0.25) is 0 Å². The Morgan fingerprint density at radius 3 is 2.68 bits per heavy atom. The van der Waals surface area contributed by atoms with Crippen molar-refractivity contribution in [3.05, 3.63) is 16.8 Å². The van der Waals surface area contributed by atoms with Gasteiger partial charge in [0.2, 0.25) is 0 Å². The summed E-state index contributed by atoms with van der Waals surface area (Å²) in [6.07, 6.45) is 5.31. The van der Waals surface area contributed by atoms with Crippen LogP contribution in [-0.2, 0) is 0 Å². The SMILES string of the molecule is Cc1c(C(=O)NC(C)C)sc2ncnc(N3CCCCC3)c12. The molecule has 118 valence electrons. The molecule has 0 unspecified atom stereocenters. The summed E-state index contributed by atoms with van der Waals surface area (Å²) >= 11 is 1.46. The van der Waals surface area contributed by atoms with Crippen LogP contribution < -0.4 is 10.2 Å². The van der Waals surface area contributed by atoms with Gasteiger partial charge in [0.1, 0.15) is 17.0 Å². The first-order valence-electron chi connectivity index (χ1n) is 7.88. The first kappa shape index (κ1) is 15.2. The molecule has 22 heavy (non-hydrogen) atoms. The number of nitrogens with zero attached hydrogens (tertiary/aromatic N) is 3. The molecule has 1 saturated heterocycles. The Balaban J connectivity index is 2.04. The second-order valence-corrected chi connectivity index (χ2v) is 7.11. The van der Waals surface area contributed by atoms with Gasteiger partial charge in [0.25, 0.3) is 5.91 Å². The Hall–Kier alpha value is -1.69. The van der Waals surface area contributed by atoms with Crippen LogP contribution in [0.4, 0.5) is 5.82 Å². The van der Waals surface area contributed by atoms with Crippen molar-refractivity contribution in [3.63, 3.8) is 0 Å². The van der Waals surface area contributed by atoms with Gasteiger partial charge in [0.15, 0.2) is 0 Å². The lowest BCUT2D eigenvalue weighted by Gasteiger charge is -2.28. The fourth-order valence-electron chi connectivity index (χ4n) is 2.94. The maximum atomic E-state index is 12.4. The summed E-state index contributed by atoms with van der Waals surface area (Å²) in [5, 5.41) is 4.01. The van der Waals surface area contributed by atoms with E-state index in [0.717, 1.165) is 39.6 Å². The van der Waals surface area contributed by atoms with E-state index in [1.165, 1.54) is 30.6 Å². The summed E-state index contributed by atoms with van der Waals surface area (Å²) in [6.45, 7) is 8.02. The minimum Gasteiger partial charge on any atom is -0.356 e. The molecule has 0 aromatic carbocycles. The summed E-state index contributed by atoms with van der Waals surface area (Å²) in [6, 6.07) is 0.129. The van der Waals surface area contributed by atoms with E-state index in [1.54, 1.807) is 6.33 Å². The fourth-order valence-corrected chi connectivity index (χ4v) is 3.99. The van der Waals surface area contributed by atoms with Crippen molar-refractivity contribution in [1.82, 2.24) is 15.3 Å². The zero-order chi connectivity index (χ0) is 15.7. The van der Waals surface area contributed by atoms with Gasteiger partial charge >= 0.3 is 0 Å². The average molecular weight is 318 g/mol. The van der Waals surface area contributed by atoms with Crippen LogP contribution in [0.5, 0.6) is 0 Å². The van der Waals surface area contributed by atoms with Gasteiger partial charge in [-0.2, -0.15) is 0 Å². The first-order chi connectivity index (χ1) is 10.6. The lowest BCUT2D eigenvalue weighted by atomic mass is 10.1. The maximum absolute atomic E-state index is 12.4. The lowest BCUT2D eigenvalue weighted by Crippen LogP contribution is -2.30. The number of aryl methyl sites for hydroxylation is 1. The number of piperidine rings is 1. The molecule has 0 atom stereocenters. The van der Waals surface area contributed by atoms with E-state index in [1.807, 2.05) is 20.8 Å². The number of thiophene rings is 1. The molecule has 3 rings (SSSR count). The minimum absolute atomic E-state index is 0.0138. The second-order valence-electron chi connectivity index (χ2n) is 6.11. The molecular weight excluding hydrogens is 296 g/mol. The van der Waals surface area contributed by atoms with E-state index in [4.69, 9.17) is 0 Å². The zero-order valence-corrected chi connectivity index (χ0v) is 14.2. The number of hydrogen-bond acceptors (Lipinski definition) is 5. The highest BCUT2D eigenvalue weighted by molar-refractivity contribution is 7.20. The molecule has 2 aromatic rings. The Bertz CT molecular complexity index is 689. The Kier molecular flexibility index (Phi) is 4.29. The molecule has 3 heterocycles. The smallest absolute Gasteiger partial charge is 0.261 e. The number of nitrogens with one attached hydrogen (secondary N) is 1. The zero-order valence-electron chi connectivity index (χ0n) is 13.3. The molecule has 6 heteroatoms. The molecule has 1 amide bonds. The number of carbonyl (C=O) groups is 1. The van der Waals surface area contributed by atoms with Gasteiger partial charge in [-0.1, -0.05) is 0 Å². The van der Waals surface area contributed by atoms with Crippen molar-refractivity contribution >= 4 is 33.3 Å².